The van der Waals surface area contributed by atoms with Gasteiger partial charge in [0.1, 0.15) is 24.0 Å². The van der Waals surface area contributed by atoms with Crippen LogP contribution in [-0.2, 0) is 16.1 Å². The van der Waals surface area contributed by atoms with Crippen molar-refractivity contribution in [3.05, 3.63) is 57.3 Å². The van der Waals surface area contributed by atoms with Gasteiger partial charge >= 0.3 is 17.9 Å². The van der Waals surface area contributed by atoms with E-state index >= 15 is 0 Å². The quantitative estimate of drug-likeness (QED) is 0.728. The number of hydrogen-bond donors (Lipinski definition) is 1. The zero-order valence-corrected chi connectivity index (χ0v) is 15.5. The van der Waals surface area contributed by atoms with Gasteiger partial charge < -0.3 is 5.11 Å². The van der Waals surface area contributed by atoms with E-state index in [1.807, 2.05) is 0 Å². The summed E-state index contributed by atoms with van der Waals surface area (Å²) in [4.78, 5) is 37.5. The third-order valence-corrected chi connectivity index (χ3v) is 4.72. The van der Waals surface area contributed by atoms with Crippen LogP contribution in [0.1, 0.15) is 5.56 Å². The molecule has 1 heterocycles. The second-order valence-corrected chi connectivity index (χ2v) is 7.07. The first-order chi connectivity index (χ1) is 12.3. The van der Waals surface area contributed by atoms with Crippen molar-refractivity contribution in [3.8, 4) is 0 Å². The number of allylic oxidation sites excluding steroid dienone is 3. The lowest BCUT2D eigenvalue weighted by Crippen LogP contribution is -2.55. The van der Waals surface area contributed by atoms with E-state index in [0.717, 1.165) is 9.48 Å². The molecule has 1 aliphatic carbocycles. The Labute approximate surface area is 161 Å². The number of halogens is 3. The molecular formula is C17H12BrClFN2O4+. The summed E-state index contributed by atoms with van der Waals surface area (Å²) < 4.78 is 15.6. The highest BCUT2D eigenvalue weighted by Crippen LogP contribution is 2.25. The van der Waals surface area contributed by atoms with Crippen molar-refractivity contribution in [1.82, 2.24) is 4.90 Å². The first-order valence-corrected chi connectivity index (χ1v) is 8.66. The van der Waals surface area contributed by atoms with Crippen LogP contribution in [0, 0.1) is 11.7 Å². The zero-order valence-electron chi connectivity index (χ0n) is 13.2. The molecule has 26 heavy (non-hydrogen) atoms. The molecule has 1 aromatic rings. The second kappa shape index (κ2) is 7.13. The van der Waals surface area contributed by atoms with E-state index in [0.29, 0.717) is 4.47 Å². The zero-order chi connectivity index (χ0) is 19.0. The number of carboxylic acid groups (broad SMARTS) is 1. The van der Waals surface area contributed by atoms with Crippen molar-refractivity contribution in [2.45, 2.75) is 6.54 Å². The molecule has 0 aromatic heterocycles. The summed E-state index contributed by atoms with van der Waals surface area (Å²) >= 11 is 9.07. The normalized spacial score (nSPS) is 19.6. The Morgan fingerprint density at radius 3 is 2.77 bits per heavy atom. The van der Waals surface area contributed by atoms with Gasteiger partial charge in [0, 0.05) is 21.1 Å². The van der Waals surface area contributed by atoms with Crippen molar-refractivity contribution in [2.75, 3.05) is 6.54 Å². The summed E-state index contributed by atoms with van der Waals surface area (Å²) in [5.41, 5.74) is 0.337. The lowest BCUT2D eigenvalue weighted by molar-refractivity contribution is -0.431. The fraction of sp³-hybridized carbons (Fsp3) is 0.176. The lowest BCUT2D eigenvalue weighted by atomic mass is 9.94. The van der Waals surface area contributed by atoms with Gasteiger partial charge in [-0.3, -0.25) is 0 Å². The van der Waals surface area contributed by atoms with Crippen molar-refractivity contribution in [2.24, 2.45) is 5.92 Å². The third kappa shape index (κ3) is 3.47. The monoisotopic (exact) mass is 441 g/mol. The molecule has 1 aromatic carbocycles. The standard InChI is InChI=1S/C17H11BrClFN2O4/c18-10-2-1-9(13(20)5-10)7-22-16(25)12-4-3-11(19)6-14(12)21(17(22)26)8-15(23)24/h1-6,12H,7-8H2/p+1. The Morgan fingerprint density at radius 1 is 1.38 bits per heavy atom. The predicted molar refractivity (Wildman–Crippen MR) is 94.4 cm³/mol. The van der Waals surface area contributed by atoms with Crippen LogP contribution >= 0.6 is 27.5 Å². The molecule has 0 radical (unpaired) electrons. The number of carbonyl (C=O) groups excluding carboxylic acids is 2. The number of imide groups is 1. The summed E-state index contributed by atoms with van der Waals surface area (Å²) in [6.07, 6.45) is 4.38. The Kier molecular flexibility index (Phi) is 5.06. The SMILES string of the molecule is O=C(O)C[N+]1=C2C=C(Cl)C=CC2C(=O)N(Cc2ccc(Br)cc2F)C1=O. The van der Waals surface area contributed by atoms with Gasteiger partial charge in [-0.2, -0.15) is 14.3 Å². The van der Waals surface area contributed by atoms with E-state index in [4.69, 9.17) is 16.7 Å². The van der Waals surface area contributed by atoms with Crippen LogP contribution in [-0.4, -0.2) is 44.7 Å². The molecule has 1 atom stereocenters. The van der Waals surface area contributed by atoms with Crippen molar-refractivity contribution < 1.29 is 28.5 Å². The van der Waals surface area contributed by atoms with Gasteiger partial charge in [0.15, 0.2) is 6.54 Å². The summed E-state index contributed by atoms with van der Waals surface area (Å²) in [6, 6.07) is 3.44. The average molecular weight is 443 g/mol. The minimum Gasteiger partial charge on any atom is -0.478 e. The Hall–Kier alpha value is -2.32. The molecule has 1 aliphatic heterocycles. The molecule has 6 nitrogen and oxygen atoms in total. The molecule has 2 aliphatic rings. The van der Waals surface area contributed by atoms with Crippen LogP contribution in [0.4, 0.5) is 9.18 Å². The predicted octanol–water partition coefficient (Wildman–Crippen LogP) is 2.90. The number of benzene rings is 1. The van der Waals surface area contributed by atoms with Crippen LogP contribution in [0.25, 0.3) is 0 Å². The Morgan fingerprint density at radius 2 is 2.12 bits per heavy atom. The summed E-state index contributed by atoms with van der Waals surface area (Å²) in [7, 11) is 0. The van der Waals surface area contributed by atoms with Crippen LogP contribution in [0.15, 0.2) is 45.9 Å². The minimum absolute atomic E-state index is 0.141. The summed E-state index contributed by atoms with van der Waals surface area (Å²) in [5.74, 6) is -3.24. The first-order valence-electron chi connectivity index (χ1n) is 7.48. The molecule has 0 bridgehead atoms. The number of urea groups is 1. The van der Waals surface area contributed by atoms with Crippen LogP contribution in [0.3, 0.4) is 0 Å². The number of carbonyl (C=O) groups is 3. The van der Waals surface area contributed by atoms with Crippen molar-refractivity contribution in [3.63, 3.8) is 0 Å². The molecule has 0 fully saturated rings. The number of amides is 3. The molecule has 3 amide bonds. The molecule has 0 saturated heterocycles. The van der Waals surface area contributed by atoms with Crippen LogP contribution in [0.2, 0.25) is 0 Å². The molecular weight excluding hydrogens is 431 g/mol. The molecule has 134 valence electrons. The maximum absolute atomic E-state index is 14.1. The summed E-state index contributed by atoms with van der Waals surface area (Å²) in [5, 5.41) is 9.39. The van der Waals surface area contributed by atoms with Gasteiger partial charge in [-0.15, -0.1) is 0 Å². The van der Waals surface area contributed by atoms with Crippen molar-refractivity contribution >= 4 is 51.2 Å². The maximum atomic E-state index is 14.1. The van der Waals surface area contributed by atoms with E-state index in [1.54, 1.807) is 6.07 Å². The maximum Gasteiger partial charge on any atom is 0.501 e. The van der Waals surface area contributed by atoms with E-state index in [2.05, 4.69) is 15.9 Å². The number of hydrogen-bond acceptors (Lipinski definition) is 3. The minimum atomic E-state index is -1.24. The van der Waals surface area contributed by atoms with Gasteiger partial charge in [-0.25, -0.2) is 14.0 Å². The topological polar surface area (TPSA) is 77.7 Å². The number of fused-ring (bicyclic) bond motifs is 1. The van der Waals surface area contributed by atoms with E-state index in [1.165, 1.54) is 30.4 Å². The van der Waals surface area contributed by atoms with E-state index in [-0.39, 0.29) is 22.9 Å². The van der Waals surface area contributed by atoms with Gasteiger partial charge in [-0.05, 0) is 18.2 Å². The highest BCUT2D eigenvalue weighted by molar-refractivity contribution is 9.10. The average Bonchev–Trinajstić information content (AvgIpc) is 2.57. The first kappa shape index (κ1) is 18.5. The second-order valence-electron chi connectivity index (χ2n) is 5.71. The molecule has 0 spiro atoms. The van der Waals surface area contributed by atoms with Gasteiger partial charge in [0.05, 0.1) is 0 Å². The van der Waals surface area contributed by atoms with Gasteiger partial charge in [-0.1, -0.05) is 39.7 Å². The van der Waals surface area contributed by atoms with Gasteiger partial charge in [0.2, 0.25) is 0 Å². The highest BCUT2D eigenvalue weighted by atomic mass is 79.9. The number of rotatable bonds is 4. The number of carboxylic acids is 1. The van der Waals surface area contributed by atoms with Gasteiger partial charge in [0.25, 0.3) is 0 Å². The lowest BCUT2D eigenvalue weighted by Gasteiger charge is -2.26. The van der Waals surface area contributed by atoms with Crippen LogP contribution < -0.4 is 0 Å². The molecule has 0 saturated carbocycles. The Balaban J connectivity index is 2.03. The largest absolute Gasteiger partial charge is 0.501 e. The fourth-order valence-corrected chi connectivity index (χ4v) is 3.32. The summed E-state index contributed by atoms with van der Waals surface area (Å²) in [6.45, 7) is -0.937. The molecule has 9 heteroatoms. The number of nitrogens with zero attached hydrogens (tertiary/aromatic N) is 2. The molecule has 1 N–H and O–H groups in total. The van der Waals surface area contributed by atoms with E-state index < -0.39 is 36.2 Å². The smallest absolute Gasteiger partial charge is 0.478 e. The highest BCUT2D eigenvalue weighted by Gasteiger charge is 2.47. The van der Waals surface area contributed by atoms with Crippen molar-refractivity contribution in [1.29, 1.82) is 0 Å². The Bertz CT molecular complexity index is 925. The molecule has 1 unspecified atom stereocenters. The van der Waals surface area contributed by atoms with E-state index in [9.17, 15) is 18.8 Å². The molecule has 3 rings (SSSR count). The van der Waals surface area contributed by atoms with Crippen LogP contribution in [0.5, 0.6) is 0 Å². The third-order valence-electron chi connectivity index (χ3n) is 3.99. The number of aliphatic carboxylic acids is 1. The fourth-order valence-electron chi connectivity index (χ4n) is 2.80.